The lowest BCUT2D eigenvalue weighted by Crippen LogP contribution is -2.57. The van der Waals surface area contributed by atoms with Gasteiger partial charge in [-0.3, -0.25) is 9.79 Å². The van der Waals surface area contributed by atoms with E-state index in [0.717, 1.165) is 0 Å². The molecule has 0 atom stereocenters. The van der Waals surface area contributed by atoms with Gasteiger partial charge in [-0.2, -0.15) is 0 Å². The maximum absolute atomic E-state index is 13.1. The highest BCUT2D eigenvalue weighted by atomic mass is 19.3. The summed E-state index contributed by atoms with van der Waals surface area (Å²) in [5.74, 6) is -2.65. The summed E-state index contributed by atoms with van der Waals surface area (Å²) in [5, 5.41) is 6.77. The Labute approximate surface area is 141 Å². The smallest absolute Gasteiger partial charge is 0.282 e. The van der Waals surface area contributed by atoms with Crippen molar-refractivity contribution in [3.63, 3.8) is 0 Å². The topological polar surface area (TPSA) is 88.3 Å². The first-order chi connectivity index (χ1) is 11.9. The van der Waals surface area contributed by atoms with Gasteiger partial charge in [-0.05, 0) is 18.2 Å². The quantitative estimate of drug-likeness (QED) is 0.826. The van der Waals surface area contributed by atoms with Gasteiger partial charge in [0.25, 0.3) is 11.8 Å². The van der Waals surface area contributed by atoms with E-state index in [9.17, 15) is 13.6 Å². The molecule has 0 bridgehead atoms. The first-order valence-corrected chi connectivity index (χ1v) is 7.32. The Balaban J connectivity index is 1.84. The fourth-order valence-electron chi connectivity index (χ4n) is 2.27. The van der Waals surface area contributed by atoms with Crippen LogP contribution in [0.5, 0.6) is 0 Å². The zero-order valence-electron chi connectivity index (χ0n) is 13.4. The highest BCUT2D eigenvalue weighted by Gasteiger charge is 2.44. The predicted octanol–water partition coefficient (Wildman–Crippen LogP) is 0.768. The first kappa shape index (κ1) is 16.7. The van der Waals surface area contributed by atoms with E-state index < -0.39 is 24.9 Å². The molecule has 10 heteroatoms. The molecule has 0 aliphatic carbocycles. The minimum absolute atomic E-state index is 0.0201. The van der Waals surface area contributed by atoms with Crippen LogP contribution in [0.4, 0.5) is 20.4 Å². The highest BCUT2D eigenvalue weighted by Crippen LogP contribution is 2.30. The van der Waals surface area contributed by atoms with Gasteiger partial charge in [0.15, 0.2) is 0 Å². The second-order valence-corrected chi connectivity index (χ2v) is 5.39. The van der Waals surface area contributed by atoms with Gasteiger partial charge in [-0.1, -0.05) is 6.58 Å². The summed E-state index contributed by atoms with van der Waals surface area (Å²) in [5.41, 5.74) is 0.340. The Morgan fingerprint density at radius 2 is 2.12 bits per heavy atom. The molecule has 0 radical (unpaired) electrons. The molecule has 3 heterocycles. The van der Waals surface area contributed by atoms with Crippen LogP contribution in [-0.4, -0.2) is 51.7 Å². The number of hydrogen-bond acceptors (Lipinski definition) is 6. The van der Waals surface area contributed by atoms with Crippen LogP contribution >= 0.6 is 0 Å². The van der Waals surface area contributed by atoms with Crippen LogP contribution in [0.3, 0.4) is 0 Å². The Morgan fingerprint density at radius 1 is 1.36 bits per heavy atom. The third-order valence-corrected chi connectivity index (χ3v) is 3.54. The molecule has 130 valence electrons. The minimum atomic E-state index is -2.72. The van der Waals surface area contributed by atoms with Gasteiger partial charge in [0.05, 0.1) is 13.1 Å². The number of alkyl halides is 2. The summed E-state index contributed by atoms with van der Waals surface area (Å²) in [6, 6.07) is 4.68. The molecule has 2 aromatic heterocycles. The highest BCUT2D eigenvalue weighted by molar-refractivity contribution is 6.19. The zero-order valence-corrected chi connectivity index (χ0v) is 13.4. The number of hydrogen-bond donors (Lipinski definition) is 1. The number of nitrogens with zero attached hydrogens (tertiary/aromatic N) is 6. The van der Waals surface area contributed by atoms with Crippen molar-refractivity contribution in [2.75, 3.05) is 30.4 Å². The lowest BCUT2D eigenvalue weighted by molar-refractivity contribution is -0.111. The average Bonchev–Trinajstić information content (AvgIpc) is 2.59. The lowest BCUT2D eigenvalue weighted by atomic mass is 10.1. The number of anilines is 2. The number of carbonyl (C=O) groups is 1. The normalized spacial score (nSPS) is 16.3. The van der Waals surface area contributed by atoms with Crippen molar-refractivity contribution in [2.45, 2.75) is 5.92 Å². The van der Waals surface area contributed by atoms with Gasteiger partial charge in [0, 0.05) is 13.2 Å². The average molecular weight is 347 g/mol. The lowest BCUT2D eigenvalue weighted by Gasteiger charge is -2.39. The van der Waals surface area contributed by atoms with E-state index in [1.807, 2.05) is 0 Å². The van der Waals surface area contributed by atoms with E-state index in [-0.39, 0.29) is 5.70 Å². The number of halogens is 2. The third kappa shape index (κ3) is 3.52. The van der Waals surface area contributed by atoms with Crippen LogP contribution in [-0.2, 0) is 4.79 Å². The molecule has 25 heavy (non-hydrogen) atoms. The Hall–Kier alpha value is -3.17. The molecule has 3 rings (SSSR count). The monoisotopic (exact) mass is 347 g/mol. The second-order valence-electron chi connectivity index (χ2n) is 5.39. The van der Waals surface area contributed by atoms with Crippen molar-refractivity contribution < 1.29 is 13.6 Å². The van der Waals surface area contributed by atoms with Crippen molar-refractivity contribution in [1.82, 2.24) is 19.7 Å². The van der Waals surface area contributed by atoms with Crippen LogP contribution < -0.4 is 15.7 Å². The molecule has 0 unspecified atom stereocenters. The SMILES string of the molecule is C=C(C(=O)Nc1ccncn1)n1nc(N2CC(F)(F)C2)ccc1=NC. The fourth-order valence-corrected chi connectivity index (χ4v) is 2.27. The Bertz CT molecular complexity index is 871. The Kier molecular flexibility index (Phi) is 4.26. The molecule has 0 saturated carbocycles. The van der Waals surface area contributed by atoms with Crippen LogP contribution in [0.2, 0.25) is 0 Å². The van der Waals surface area contributed by atoms with Gasteiger partial charge in [0.1, 0.15) is 29.1 Å². The molecular formula is C15H15F2N7O. The molecule has 0 spiro atoms. The number of carbonyl (C=O) groups excluding carboxylic acids is 1. The maximum atomic E-state index is 13.1. The van der Waals surface area contributed by atoms with E-state index in [2.05, 4.69) is 32.0 Å². The predicted molar refractivity (Wildman–Crippen MR) is 86.9 cm³/mol. The van der Waals surface area contributed by atoms with E-state index >= 15 is 0 Å². The molecule has 1 aliphatic heterocycles. The zero-order chi connectivity index (χ0) is 18.0. The largest absolute Gasteiger partial charge is 0.343 e. The third-order valence-electron chi connectivity index (χ3n) is 3.54. The van der Waals surface area contributed by atoms with Gasteiger partial charge in [-0.25, -0.2) is 23.4 Å². The Morgan fingerprint density at radius 3 is 2.72 bits per heavy atom. The summed E-state index contributed by atoms with van der Waals surface area (Å²) >= 11 is 0. The minimum Gasteiger partial charge on any atom is -0.343 e. The summed E-state index contributed by atoms with van der Waals surface area (Å²) in [6.45, 7) is 2.89. The molecule has 1 N–H and O–H groups in total. The molecule has 1 fully saturated rings. The van der Waals surface area contributed by atoms with E-state index in [1.54, 1.807) is 12.1 Å². The van der Waals surface area contributed by atoms with Crippen LogP contribution in [0.25, 0.3) is 5.70 Å². The fraction of sp³-hybridized carbons (Fsp3) is 0.267. The number of aromatic nitrogens is 4. The van der Waals surface area contributed by atoms with Crippen molar-refractivity contribution in [1.29, 1.82) is 0 Å². The van der Waals surface area contributed by atoms with Crippen LogP contribution in [0.1, 0.15) is 0 Å². The van der Waals surface area contributed by atoms with E-state index in [0.29, 0.717) is 17.1 Å². The van der Waals surface area contributed by atoms with Crippen molar-refractivity contribution in [2.24, 2.45) is 4.99 Å². The van der Waals surface area contributed by atoms with Gasteiger partial charge in [-0.15, -0.1) is 5.10 Å². The molecular weight excluding hydrogens is 332 g/mol. The first-order valence-electron chi connectivity index (χ1n) is 7.32. The molecule has 8 nitrogen and oxygen atoms in total. The molecule has 1 aliphatic rings. The van der Waals surface area contributed by atoms with Crippen LogP contribution in [0, 0.1) is 0 Å². The molecule has 0 aromatic carbocycles. The second kappa shape index (κ2) is 6.38. The van der Waals surface area contributed by atoms with E-state index in [4.69, 9.17) is 0 Å². The number of rotatable bonds is 4. The summed E-state index contributed by atoms with van der Waals surface area (Å²) in [7, 11) is 1.53. The van der Waals surface area contributed by atoms with Crippen molar-refractivity contribution in [3.8, 4) is 0 Å². The summed E-state index contributed by atoms with van der Waals surface area (Å²) in [6.07, 6.45) is 2.77. The van der Waals surface area contributed by atoms with Gasteiger partial charge in [0.2, 0.25) is 0 Å². The summed E-state index contributed by atoms with van der Waals surface area (Å²) < 4.78 is 27.3. The number of amides is 1. The summed E-state index contributed by atoms with van der Waals surface area (Å²) in [4.78, 5) is 25.4. The van der Waals surface area contributed by atoms with E-state index in [1.165, 1.54) is 35.2 Å². The van der Waals surface area contributed by atoms with Crippen LogP contribution in [0.15, 0.2) is 42.3 Å². The number of nitrogens with one attached hydrogen (secondary N) is 1. The van der Waals surface area contributed by atoms with Gasteiger partial charge < -0.3 is 10.2 Å². The van der Waals surface area contributed by atoms with Crippen molar-refractivity contribution in [3.05, 3.63) is 42.8 Å². The molecule has 1 saturated heterocycles. The molecule has 1 amide bonds. The maximum Gasteiger partial charge on any atom is 0.282 e. The van der Waals surface area contributed by atoms with Gasteiger partial charge >= 0.3 is 0 Å². The molecule has 2 aromatic rings. The van der Waals surface area contributed by atoms with Crippen molar-refractivity contribution >= 4 is 23.2 Å². The standard InChI is InChI=1S/C15H15F2N7O/c1-10(14(25)21-11-5-6-19-9-20-11)24-12(18-2)3-4-13(22-24)23-7-15(16,17)8-23/h3-6,9H,1,7-8H2,2H3,(H,19,20,21,25).